The Morgan fingerprint density at radius 2 is 1.82 bits per heavy atom. The molecule has 9 nitrogen and oxygen atoms in total. The number of fused-ring (bicyclic) bond motifs is 1. The Morgan fingerprint density at radius 3 is 2.50 bits per heavy atom. The van der Waals surface area contributed by atoms with Crippen molar-refractivity contribution in [2.75, 3.05) is 37.5 Å². The Hall–Kier alpha value is -3.76. The number of nitrogen functional groups attached to an aromatic ring is 1. The lowest BCUT2D eigenvalue weighted by molar-refractivity contribution is -0.123. The van der Waals surface area contributed by atoms with Crippen molar-refractivity contribution in [1.29, 1.82) is 0 Å². The first kappa shape index (κ1) is 27.8. The number of thiophene rings is 1. The molecule has 5 rings (SSSR count). The summed E-state index contributed by atoms with van der Waals surface area (Å²) in [6.07, 6.45) is 5.46. The first-order chi connectivity index (χ1) is 19.4. The largest absolute Gasteiger partial charge is 0.465 e. The van der Waals surface area contributed by atoms with E-state index in [-0.39, 0.29) is 11.8 Å². The van der Waals surface area contributed by atoms with Gasteiger partial charge in [-0.1, -0.05) is 31.2 Å². The molecule has 0 saturated heterocycles. The number of amides is 1. The maximum absolute atomic E-state index is 13.8. The number of anilines is 2. The zero-order valence-electron chi connectivity index (χ0n) is 23.1. The van der Waals surface area contributed by atoms with Gasteiger partial charge in [0.2, 0.25) is 5.91 Å². The van der Waals surface area contributed by atoms with Crippen LogP contribution in [0.15, 0.2) is 48.7 Å². The van der Waals surface area contributed by atoms with Gasteiger partial charge in [-0.05, 0) is 56.2 Å². The van der Waals surface area contributed by atoms with Gasteiger partial charge in [0, 0.05) is 41.8 Å². The fourth-order valence-electron chi connectivity index (χ4n) is 5.20. The molecule has 1 saturated carbocycles. The number of nitrogens with two attached hydrogens (primary N) is 1. The number of benzene rings is 1. The zero-order valence-corrected chi connectivity index (χ0v) is 23.9. The van der Waals surface area contributed by atoms with E-state index in [0.717, 1.165) is 47.4 Å². The van der Waals surface area contributed by atoms with Crippen molar-refractivity contribution < 1.29 is 19.1 Å². The molecule has 0 aliphatic heterocycles. The highest BCUT2D eigenvalue weighted by atomic mass is 32.1. The number of carbonyl (C=O) groups is 2. The summed E-state index contributed by atoms with van der Waals surface area (Å²) in [6, 6.07) is 13.5. The SMILES string of the molecule is CCOCCN(C(=O)C1CCC(C)CC1)c1cc(-c2ccc(-c3cc4nccc(N)n4n3)cc2)sc1C(=O)OC. The minimum absolute atomic E-state index is 0.0520. The van der Waals surface area contributed by atoms with Crippen LogP contribution in [0.4, 0.5) is 11.5 Å². The molecule has 1 fully saturated rings. The fourth-order valence-corrected chi connectivity index (χ4v) is 6.28. The van der Waals surface area contributed by atoms with E-state index in [1.807, 2.05) is 43.3 Å². The molecule has 10 heteroatoms. The number of hydrogen-bond acceptors (Lipinski definition) is 8. The third kappa shape index (κ3) is 5.73. The first-order valence-electron chi connectivity index (χ1n) is 13.7. The van der Waals surface area contributed by atoms with Crippen LogP contribution in [0.3, 0.4) is 0 Å². The molecule has 1 amide bonds. The van der Waals surface area contributed by atoms with Gasteiger partial charge >= 0.3 is 5.97 Å². The summed E-state index contributed by atoms with van der Waals surface area (Å²) >= 11 is 1.33. The van der Waals surface area contributed by atoms with Gasteiger partial charge in [0.1, 0.15) is 10.7 Å². The molecule has 2 N–H and O–H groups in total. The zero-order chi connectivity index (χ0) is 28.2. The van der Waals surface area contributed by atoms with Crippen LogP contribution < -0.4 is 10.6 Å². The second-order valence-corrected chi connectivity index (χ2v) is 11.3. The quantitative estimate of drug-likeness (QED) is 0.206. The van der Waals surface area contributed by atoms with E-state index in [0.29, 0.717) is 47.7 Å². The van der Waals surface area contributed by atoms with E-state index in [4.69, 9.17) is 15.2 Å². The topological polar surface area (TPSA) is 112 Å². The molecular formula is C30H35N5O4S. The van der Waals surface area contributed by atoms with Gasteiger partial charge in [0.15, 0.2) is 5.65 Å². The number of nitrogens with zero attached hydrogens (tertiary/aromatic N) is 4. The molecule has 0 spiro atoms. The number of ether oxygens (including phenoxy) is 2. The molecular weight excluding hydrogens is 526 g/mol. The molecule has 3 heterocycles. The van der Waals surface area contributed by atoms with Crippen LogP contribution >= 0.6 is 11.3 Å². The van der Waals surface area contributed by atoms with Crippen LogP contribution in [-0.2, 0) is 14.3 Å². The van der Waals surface area contributed by atoms with E-state index in [1.54, 1.807) is 21.7 Å². The third-order valence-corrected chi connectivity index (χ3v) is 8.67. The molecule has 1 aliphatic rings. The molecule has 4 aromatic rings. The van der Waals surface area contributed by atoms with Crippen molar-refractivity contribution in [2.24, 2.45) is 11.8 Å². The lowest BCUT2D eigenvalue weighted by atomic mass is 9.82. The van der Waals surface area contributed by atoms with E-state index >= 15 is 0 Å². The second-order valence-electron chi connectivity index (χ2n) is 10.2. The predicted molar refractivity (Wildman–Crippen MR) is 157 cm³/mol. The van der Waals surface area contributed by atoms with Crippen molar-refractivity contribution in [3.05, 3.63) is 53.5 Å². The maximum atomic E-state index is 13.8. The Labute approximate surface area is 237 Å². The maximum Gasteiger partial charge on any atom is 0.350 e. The molecule has 0 unspecified atom stereocenters. The number of esters is 1. The van der Waals surface area contributed by atoms with Gasteiger partial charge in [0.05, 0.1) is 25.1 Å². The fraction of sp³-hybridized carbons (Fsp3) is 0.400. The van der Waals surface area contributed by atoms with E-state index in [1.165, 1.54) is 18.4 Å². The van der Waals surface area contributed by atoms with Crippen molar-refractivity contribution in [1.82, 2.24) is 14.6 Å². The minimum Gasteiger partial charge on any atom is -0.465 e. The van der Waals surface area contributed by atoms with Gasteiger partial charge in [-0.15, -0.1) is 11.3 Å². The summed E-state index contributed by atoms with van der Waals surface area (Å²) < 4.78 is 12.4. The van der Waals surface area contributed by atoms with Crippen LogP contribution in [0, 0.1) is 11.8 Å². The number of carbonyl (C=O) groups excluding carboxylic acids is 2. The predicted octanol–water partition coefficient (Wildman–Crippen LogP) is 5.69. The third-order valence-electron chi connectivity index (χ3n) is 7.52. The van der Waals surface area contributed by atoms with Crippen LogP contribution in [-0.4, -0.2) is 53.3 Å². The van der Waals surface area contributed by atoms with Crippen LogP contribution in [0.5, 0.6) is 0 Å². The average molecular weight is 562 g/mol. The highest BCUT2D eigenvalue weighted by Gasteiger charge is 2.32. The normalized spacial score (nSPS) is 17.2. The van der Waals surface area contributed by atoms with Gasteiger partial charge in [-0.3, -0.25) is 4.79 Å². The Morgan fingerprint density at radius 1 is 1.10 bits per heavy atom. The highest BCUT2D eigenvalue weighted by molar-refractivity contribution is 7.18. The number of rotatable bonds is 9. The van der Waals surface area contributed by atoms with Crippen molar-refractivity contribution in [3.63, 3.8) is 0 Å². The smallest absolute Gasteiger partial charge is 0.350 e. The number of aromatic nitrogens is 3. The van der Waals surface area contributed by atoms with E-state index < -0.39 is 5.97 Å². The van der Waals surface area contributed by atoms with Gasteiger partial charge in [-0.25, -0.2) is 9.78 Å². The average Bonchev–Trinajstić information content (AvgIpc) is 3.61. The van der Waals surface area contributed by atoms with Crippen molar-refractivity contribution in [2.45, 2.75) is 39.5 Å². The van der Waals surface area contributed by atoms with Crippen LogP contribution in [0.25, 0.3) is 27.3 Å². The number of methoxy groups -OCH3 is 1. The molecule has 210 valence electrons. The molecule has 0 atom stereocenters. The summed E-state index contributed by atoms with van der Waals surface area (Å²) in [5.74, 6) is 0.692. The Kier molecular flexibility index (Phi) is 8.46. The van der Waals surface area contributed by atoms with Crippen LogP contribution in [0.2, 0.25) is 0 Å². The van der Waals surface area contributed by atoms with Gasteiger partial charge in [0.25, 0.3) is 0 Å². The summed E-state index contributed by atoms with van der Waals surface area (Å²) in [4.78, 5) is 34.1. The van der Waals surface area contributed by atoms with Crippen molar-refractivity contribution in [3.8, 4) is 21.7 Å². The summed E-state index contributed by atoms with van der Waals surface area (Å²) in [5.41, 5.74) is 9.88. The molecule has 40 heavy (non-hydrogen) atoms. The van der Waals surface area contributed by atoms with Gasteiger partial charge in [-0.2, -0.15) is 9.61 Å². The second kappa shape index (κ2) is 12.2. The minimum atomic E-state index is -0.455. The lowest BCUT2D eigenvalue weighted by Gasteiger charge is -2.31. The first-order valence-corrected chi connectivity index (χ1v) is 14.5. The lowest BCUT2D eigenvalue weighted by Crippen LogP contribution is -2.40. The van der Waals surface area contributed by atoms with E-state index in [2.05, 4.69) is 17.0 Å². The monoisotopic (exact) mass is 561 g/mol. The standard InChI is InChI=1S/C30H35N5O4S/c1-4-39-16-15-34(29(36)22-7-5-19(2)6-8-22)24-18-25(40-28(24)30(37)38-3)21-11-9-20(10-12-21)23-17-27-32-14-13-26(31)35(27)33-23/h9-14,17-19,22H,4-8,15-16,31H2,1-3H3. The Balaban J connectivity index is 1.47. The van der Waals surface area contributed by atoms with Crippen molar-refractivity contribution >= 4 is 40.4 Å². The summed E-state index contributed by atoms with van der Waals surface area (Å²) in [7, 11) is 1.37. The molecule has 1 aromatic carbocycles. The summed E-state index contributed by atoms with van der Waals surface area (Å²) in [6.45, 7) is 5.50. The van der Waals surface area contributed by atoms with Gasteiger partial charge < -0.3 is 20.1 Å². The number of hydrogen-bond donors (Lipinski definition) is 1. The van der Waals surface area contributed by atoms with E-state index in [9.17, 15) is 9.59 Å². The molecule has 3 aromatic heterocycles. The van der Waals surface area contributed by atoms with Crippen LogP contribution in [0.1, 0.15) is 49.2 Å². The molecule has 1 aliphatic carbocycles. The Bertz CT molecular complexity index is 1490. The highest BCUT2D eigenvalue weighted by Crippen LogP contribution is 2.40. The molecule has 0 bridgehead atoms. The summed E-state index contributed by atoms with van der Waals surface area (Å²) in [5, 5.41) is 4.58. The molecule has 0 radical (unpaired) electrons.